The summed E-state index contributed by atoms with van der Waals surface area (Å²) in [5, 5.41) is 21.3. The topological polar surface area (TPSA) is 103 Å². The second-order valence-corrected chi connectivity index (χ2v) is 12.3. The van der Waals surface area contributed by atoms with Crippen LogP contribution in [0.2, 0.25) is 5.02 Å². The Hall–Kier alpha value is -3.89. The number of methoxy groups -OCH3 is 1. The number of hydrogen-bond acceptors (Lipinski definition) is 7. The molecule has 1 saturated heterocycles. The maximum atomic E-state index is 14.1. The van der Waals surface area contributed by atoms with Gasteiger partial charge in [0.05, 0.1) is 36.0 Å². The number of piperidine rings is 1. The van der Waals surface area contributed by atoms with E-state index in [0.29, 0.717) is 39.8 Å². The molecule has 7 rings (SSSR count). The SMILES string of the molecule is COc1ccc(Cn2nc3nc(N4CCC5(CC[C@@H](O)C5)CC4)n(C)c(=O)c3c2-c2ccc3nn(C)cc3c2Cl)cc1. The van der Waals surface area contributed by atoms with Crippen LogP contribution in [0.3, 0.4) is 0 Å². The maximum absolute atomic E-state index is 14.1. The van der Waals surface area contributed by atoms with Crippen molar-refractivity contribution in [2.24, 2.45) is 19.5 Å². The van der Waals surface area contributed by atoms with Gasteiger partial charge in [-0.15, -0.1) is 0 Å². The molecule has 1 atom stereocenters. The van der Waals surface area contributed by atoms with Crippen molar-refractivity contribution >= 4 is 39.5 Å². The lowest BCUT2D eigenvalue weighted by Gasteiger charge is -2.40. The Labute approximate surface area is 248 Å². The average molecular weight is 588 g/mol. The van der Waals surface area contributed by atoms with Crippen molar-refractivity contribution in [3.63, 3.8) is 0 Å². The van der Waals surface area contributed by atoms with Crippen LogP contribution in [0.15, 0.2) is 47.4 Å². The molecule has 1 aliphatic carbocycles. The number of aliphatic hydroxyl groups excluding tert-OH is 1. The van der Waals surface area contributed by atoms with Crippen molar-refractivity contribution in [3.8, 4) is 17.0 Å². The summed E-state index contributed by atoms with van der Waals surface area (Å²) in [5.41, 5.74) is 3.56. The van der Waals surface area contributed by atoms with Gasteiger partial charge in [-0.3, -0.25) is 18.7 Å². The third-order valence-electron chi connectivity index (χ3n) is 9.23. The molecule has 11 heteroatoms. The number of rotatable bonds is 5. The smallest absolute Gasteiger partial charge is 0.266 e. The molecule has 4 heterocycles. The minimum absolute atomic E-state index is 0.162. The minimum Gasteiger partial charge on any atom is -0.497 e. The van der Waals surface area contributed by atoms with E-state index in [-0.39, 0.29) is 17.1 Å². The summed E-state index contributed by atoms with van der Waals surface area (Å²) < 4.78 is 10.5. The Morgan fingerprint density at radius 1 is 1.07 bits per heavy atom. The van der Waals surface area contributed by atoms with E-state index in [1.165, 1.54) is 0 Å². The first-order chi connectivity index (χ1) is 20.2. The average Bonchev–Trinajstić information content (AvgIpc) is 3.66. The summed E-state index contributed by atoms with van der Waals surface area (Å²) >= 11 is 7.01. The molecule has 0 unspecified atom stereocenters. The van der Waals surface area contributed by atoms with Crippen LogP contribution in [0.1, 0.15) is 37.7 Å². The fourth-order valence-corrected chi connectivity index (χ4v) is 7.20. The highest BCUT2D eigenvalue weighted by molar-refractivity contribution is 6.38. The molecule has 1 N–H and O–H groups in total. The van der Waals surface area contributed by atoms with Crippen LogP contribution in [-0.4, -0.2) is 60.5 Å². The van der Waals surface area contributed by atoms with Gasteiger partial charge < -0.3 is 14.7 Å². The second-order valence-electron chi connectivity index (χ2n) is 11.9. The Bertz CT molecular complexity index is 1870. The summed E-state index contributed by atoms with van der Waals surface area (Å²) in [6.07, 6.45) is 6.47. The van der Waals surface area contributed by atoms with E-state index in [9.17, 15) is 9.90 Å². The number of ether oxygens (including phenoxy) is 1. The van der Waals surface area contributed by atoms with Gasteiger partial charge in [0, 0.05) is 44.3 Å². The van der Waals surface area contributed by atoms with Gasteiger partial charge in [0.15, 0.2) is 5.65 Å². The third-order valence-corrected chi connectivity index (χ3v) is 9.63. The summed E-state index contributed by atoms with van der Waals surface area (Å²) in [6.45, 7) is 2.01. The highest BCUT2D eigenvalue weighted by atomic mass is 35.5. The predicted molar refractivity (Wildman–Crippen MR) is 163 cm³/mol. The molecule has 0 radical (unpaired) electrons. The summed E-state index contributed by atoms with van der Waals surface area (Å²) in [6, 6.07) is 11.6. The number of aryl methyl sites for hydroxylation is 1. The molecular formula is C31H34ClN7O3. The fraction of sp³-hybridized carbons (Fsp3) is 0.419. The van der Waals surface area contributed by atoms with Crippen LogP contribution in [0, 0.1) is 5.41 Å². The minimum atomic E-state index is -0.193. The summed E-state index contributed by atoms with van der Waals surface area (Å²) in [4.78, 5) is 21.3. The van der Waals surface area contributed by atoms with Crippen LogP contribution in [0.4, 0.5) is 5.95 Å². The fourth-order valence-electron chi connectivity index (χ4n) is 6.90. The number of benzene rings is 2. The Balaban J connectivity index is 1.35. The van der Waals surface area contributed by atoms with E-state index in [1.807, 2.05) is 54.3 Å². The molecule has 0 bridgehead atoms. The lowest BCUT2D eigenvalue weighted by Crippen LogP contribution is -2.42. The van der Waals surface area contributed by atoms with Crippen LogP contribution in [0.25, 0.3) is 33.2 Å². The number of aromatic nitrogens is 6. The molecule has 5 aromatic rings. The van der Waals surface area contributed by atoms with E-state index in [0.717, 1.165) is 67.4 Å². The normalized spacial score (nSPS) is 18.5. The van der Waals surface area contributed by atoms with E-state index < -0.39 is 0 Å². The largest absolute Gasteiger partial charge is 0.497 e. The van der Waals surface area contributed by atoms with Gasteiger partial charge in [0.1, 0.15) is 11.1 Å². The van der Waals surface area contributed by atoms with Crippen LogP contribution in [0.5, 0.6) is 5.75 Å². The van der Waals surface area contributed by atoms with Crippen molar-refractivity contribution in [2.45, 2.75) is 44.8 Å². The predicted octanol–water partition coefficient (Wildman–Crippen LogP) is 4.53. The Morgan fingerprint density at radius 3 is 2.52 bits per heavy atom. The number of fused-ring (bicyclic) bond motifs is 2. The van der Waals surface area contributed by atoms with E-state index >= 15 is 0 Å². The van der Waals surface area contributed by atoms with Crippen molar-refractivity contribution < 1.29 is 9.84 Å². The van der Waals surface area contributed by atoms with Crippen LogP contribution in [-0.2, 0) is 20.6 Å². The van der Waals surface area contributed by atoms with Crippen LogP contribution >= 0.6 is 11.6 Å². The molecule has 2 aliphatic rings. The van der Waals surface area contributed by atoms with Crippen molar-refractivity contribution in [1.29, 1.82) is 0 Å². The first-order valence-corrected chi connectivity index (χ1v) is 14.8. The summed E-state index contributed by atoms with van der Waals surface area (Å²) in [7, 11) is 5.28. The monoisotopic (exact) mass is 587 g/mol. The molecular weight excluding hydrogens is 554 g/mol. The van der Waals surface area contributed by atoms with Crippen molar-refractivity contribution in [1.82, 2.24) is 29.1 Å². The quantitative estimate of drug-likeness (QED) is 0.322. The zero-order chi connectivity index (χ0) is 29.2. The van der Waals surface area contributed by atoms with Gasteiger partial charge in [-0.1, -0.05) is 23.7 Å². The zero-order valence-corrected chi connectivity index (χ0v) is 24.8. The summed E-state index contributed by atoms with van der Waals surface area (Å²) in [5.74, 6) is 1.39. The second kappa shape index (κ2) is 10.1. The lowest BCUT2D eigenvalue weighted by molar-refractivity contribution is 0.144. The number of hydrogen-bond donors (Lipinski definition) is 1. The van der Waals surface area contributed by atoms with Gasteiger partial charge in [-0.05, 0) is 67.3 Å². The molecule has 2 aromatic carbocycles. The highest BCUT2D eigenvalue weighted by Crippen LogP contribution is 2.46. The molecule has 42 heavy (non-hydrogen) atoms. The Morgan fingerprint density at radius 2 is 1.83 bits per heavy atom. The van der Waals surface area contributed by atoms with E-state index in [1.54, 1.807) is 23.4 Å². The zero-order valence-electron chi connectivity index (χ0n) is 24.0. The van der Waals surface area contributed by atoms with Gasteiger partial charge in [0.2, 0.25) is 5.95 Å². The van der Waals surface area contributed by atoms with E-state index in [2.05, 4.69) is 10.00 Å². The van der Waals surface area contributed by atoms with Gasteiger partial charge in [-0.25, -0.2) is 0 Å². The molecule has 0 amide bonds. The molecule has 1 saturated carbocycles. The number of nitrogens with zero attached hydrogens (tertiary/aromatic N) is 7. The maximum Gasteiger partial charge on any atom is 0.266 e. The number of halogens is 1. The molecule has 10 nitrogen and oxygen atoms in total. The van der Waals surface area contributed by atoms with Gasteiger partial charge in [0.25, 0.3) is 5.56 Å². The third kappa shape index (κ3) is 4.44. The Kier molecular flexibility index (Phi) is 6.51. The molecule has 1 aliphatic heterocycles. The van der Waals surface area contributed by atoms with Crippen molar-refractivity contribution in [3.05, 3.63) is 63.5 Å². The molecule has 218 valence electrons. The standard InChI is InChI=1S/C31H34ClN7O3/c1-36-18-23-24(34-36)9-8-22(26(23)32)27-25-28(35-39(27)17-19-4-6-21(42-3)7-5-19)33-30(37(2)29(25)41)38-14-12-31(13-15-38)11-10-20(40)16-31/h4-9,18,20,40H,10-17H2,1-3H3/t20-/m1/s1. The van der Waals surface area contributed by atoms with Crippen LogP contribution < -0.4 is 15.2 Å². The molecule has 2 fully saturated rings. The number of anilines is 1. The lowest BCUT2D eigenvalue weighted by atomic mass is 9.77. The molecule has 1 spiro atoms. The van der Waals surface area contributed by atoms with Gasteiger partial charge in [-0.2, -0.15) is 15.2 Å². The number of aliphatic hydroxyl groups is 1. The van der Waals surface area contributed by atoms with Gasteiger partial charge >= 0.3 is 0 Å². The first-order valence-electron chi connectivity index (χ1n) is 14.4. The van der Waals surface area contributed by atoms with Crippen molar-refractivity contribution in [2.75, 3.05) is 25.1 Å². The highest BCUT2D eigenvalue weighted by Gasteiger charge is 2.41. The first kappa shape index (κ1) is 27.0. The van der Waals surface area contributed by atoms with E-state index in [4.69, 9.17) is 26.4 Å². The molecule has 3 aromatic heterocycles.